The van der Waals surface area contributed by atoms with E-state index in [4.69, 9.17) is 23.7 Å². The number of benzene rings is 4. The third kappa shape index (κ3) is 14.2. The molecular weight excluding hydrogens is 777 g/mol. The van der Waals surface area contributed by atoms with Crippen LogP contribution in [0.25, 0.3) is 0 Å². The maximum Gasteiger partial charge on any atom is 0.412 e. The van der Waals surface area contributed by atoms with Gasteiger partial charge in [-0.25, -0.2) is 19.2 Å². The van der Waals surface area contributed by atoms with Crippen LogP contribution in [-0.2, 0) is 25.6 Å². The van der Waals surface area contributed by atoms with Crippen LogP contribution >= 0.6 is 0 Å². The Balaban J connectivity index is 1.56. The van der Waals surface area contributed by atoms with E-state index in [1.807, 2.05) is 78.9 Å². The molecule has 4 amide bonds. The molecule has 0 heterocycles. The lowest BCUT2D eigenvalue weighted by atomic mass is 10.0. The van der Waals surface area contributed by atoms with Crippen molar-refractivity contribution in [1.29, 1.82) is 0 Å². The lowest BCUT2D eigenvalue weighted by molar-refractivity contribution is 0.0620. The summed E-state index contributed by atoms with van der Waals surface area (Å²) in [5.74, 6) is 0.334. The summed E-state index contributed by atoms with van der Waals surface area (Å²) in [4.78, 5) is 52.2. The molecule has 1 saturated carbocycles. The third-order valence-corrected chi connectivity index (χ3v) is 8.93. The van der Waals surface area contributed by atoms with Gasteiger partial charge in [0, 0.05) is 0 Å². The zero-order valence-electron chi connectivity index (χ0n) is 37.3. The van der Waals surface area contributed by atoms with Gasteiger partial charge in [0.25, 0.3) is 0 Å². The van der Waals surface area contributed by atoms with Gasteiger partial charge in [0.05, 0.1) is 22.7 Å². The van der Waals surface area contributed by atoms with Gasteiger partial charge in [0.1, 0.15) is 34.8 Å². The van der Waals surface area contributed by atoms with E-state index in [1.54, 1.807) is 95.2 Å². The van der Waals surface area contributed by atoms with Gasteiger partial charge in [-0.1, -0.05) is 54.6 Å². The maximum atomic E-state index is 13.2. The van der Waals surface area contributed by atoms with Crippen LogP contribution in [0.4, 0.5) is 41.9 Å². The van der Waals surface area contributed by atoms with Crippen molar-refractivity contribution in [2.75, 3.05) is 21.3 Å². The topological polar surface area (TPSA) is 163 Å². The van der Waals surface area contributed by atoms with Crippen molar-refractivity contribution in [1.82, 2.24) is 0 Å². The Morgan fingerprint density at radius 3 is 1.11 bits per heavy atom. The number of hydrogen-bond donors (Lipinski definition) is 4. The number of carbonyl (C=O) groups excluding carboxylic acids is 4. The first kappa shape index (κ1) is 45.8. The second-order valence-electron chi connectivity index (χ2n) is 19.0. The molecule has 0 bridgehead atoms. The van der Waals surface area contributed by atoms with E-state index < -0.39 is 46.8 Å². The minimum Gasteiger partial charge on any atom is -0.489 e. The SMILES string of the molecule is CC(C)(C)OC(=O)Nc1ccc(C2C(c3ccc(OCc4ccccc4)cc3)C2c2ccc(NC(=O)OC(C)(C)C)c(NC(=O)OC(C)(C)C)c2)cc1NC(=O)OC(C)(C)C. The molecule has 0 radical (unpaired) electrons. The fourth-order valence-corrected chi connectivity index (χ4v) is 6.70. The van der Waals surface area contributed by atoms with Gasteiger partial charge in [0.15, 0.2) is 0 Å². The van der Waals surface area contributed by atoms with E-state index in [0.717, 1.165) is 22.3 Å². The van der Waals surface area contributed by atoms with Gasteiger partial charge < -0.3 is 23.7 Å². The molecule has 61 heavy (non-hydrogen) atoms. The van der Waals surface area contributed by atoms with E-state index in [9.17, 15) is 19.2 Å². The summed E-state index contributed by atoms with van der Waals surface area (Å²) < 4.78 is 28.3. The average Bonchev–Trinajstić information content (AvgIpc) is 3.85. The summed E-state index contributed by atoms with van der Waals surface area (Å²) in [6.45, 7) is 21.6. The summed E-state index contributed by atoms with van der Waals surface area (Å²) in [6.07, 6.45) is -2.76. The normalized spacial score (nSPS) is 16.4. The molecule has 2 atom stereocenters. The fourth-order valence-electron chi connectivity index (χ4n) is 6.70. The maximum absolute atomic E-state index is 13.2. The first-order valence-electron chi connectivity index (χ1n) is 20.4. The lowest BCUT2D eigenvalue weighted by Crippen LogP contribution is -2.29. The summed E-state index contributed by atoms with van der Waals surface area (Å²) >= 11 is 0. The smallest absolute Gasteiger partial charge is 0.412 e. The van der Waals surface area contributed by atoms with Crippen LogP contribution in [0.5, 0.6) is 5.75 Å². The van der Waals surface area contributed by atoms with E-state index in [-0.39, 0.29) is 17.8 Å². The predicted octanol–water partition coefficient (Wildman–Crippen LogP) is 12.3. The molecule has 0 saturated heterocycles. The van der Waals surface area contributed by atoms with Crippen LogP contribution in [0, 0.1) is 0 Å². The highest BCUT2D eigenvalue weighted by atomic mass is 16.6. The van der Waals surface area contributed by atoms with Crippen molar-refractivity contribution < 1.29 is 42.9 Å². The molecule has 0 spiro atoms. The third-order valence-electron chi connectivity index (χ3n) is 8.93. The fraction of sp³-hybridized carbons (Fsp3) is 0.417. The number of ether oxygens (including phenoxy) is 5. The molecule has 4 aromatic carbocycles. The van der Waals surface area contributed by atoms with Crippen LogP contribution in [0.3, 0.4) is 0 Å². The first-order chi connectivity index (χ1) is 28.3. The Hall–Kier alpha value is -6.24. The van der Waals surface area contributed by atoms with E-state index in [1.165, 1.54) is 0 Å². The quantitative estimate of drug-likeness (QED) is 0.114. The summed E-state index contributed by atoms with van der Waals surface area (Å²) in [5.41, 5.74) is 2.00. The number of anilines is 4. The molecule has 326 valence electrons. The van der Waals surface area contributed by atoms with Gasteiger partial charge in [-0.3, -0.25) is 21.3 Å². The second kappa shape index (κ2) is 18.2. The lowest BCUT2D eigenvalue weighted by Gasteiger charge is -2.22. The van der Waals surface area contributed by atoms with Gasteiger partial charge >= 0.3 is 24.4 Å². The molecule has 4 aromatic rings. The molecule has 1 aliphatic carbocycles. The van der Waals surface area contributed by atoms with E-state index in [0.29, 0.717) is 35.1 Å². The molecule has 13 heteroatoms. The highest BCUT2D eigenvalue weighted by molar-refractivity contribution is 5.97. The zero-order valence-corrected chi connectivity index (χ0v) is 37.3. The van der Waals surface area contributed by atoms with Crippen LogP contribution in [0.15, 0.2) is 91.0 Å². The summed E-state index contributed by atoms with van der Waals surface area (Å²) in [6, 6.07) is 28.8. The van der Waals surface area contributed by atoms with Crippen molar-refractivity contribution >= 4 is 47.1 Å². The van der Waals surface area contributed by atoms with Gasteiger partial charge in [0.2, 0.25) is 0 Å². The molecule has 4 N–H and O–H groups in total. The van der Waals surface area contributed by atoms with Crippen LogP contribution in [0.2, 0.25) is 0 Å². The van der Waals surface area contributed by atoms with Crippen LogP contribution < -0.4 is 26.0 Å². The molecule has 0 aromatic heterocycles. The highest BCUT2D eigenvalue weighted by Crippen LogP contribution is 2.67. The van der Waals surface area contributed by atoms with Crippen molar-refractivity contribution in [3.63, 3.8) is 0 Å². The Morgan fingerprint density at radius 2 is 0.754 bits per heavy atom. The standard InChI is InChI=1S/C48H60N4O9/c1-45(2,3)58-41(53)49-34-24-20-31(26-36(34)51-43(55)60-47(7,8)9)39-38(30-18-22-33(23-19-30)57-28-29-16-14-13-15-17-29)40(39)32-21-25-35(50-42(54)59-46(4,5)6)37(27-32)52-44(56)61-48(10,11)12/h13-27,38-40H,28H2,1-12H3,(H,49,53)(H,50,54)(H,51,55)(H,52,56). The molecule has 0 aliphatic heterocycles. The number of nitrogens with one attached hydrogen (secondary N) is 4. The van der Waals surface area contributed by atoms with Crippen molar-refractivity contribution in [2.24, 2.45) is 0 Å². The molecule has 1 fully saturated rings. The monoisotopic (exact) mass is 836 g/mol. The average molecular weight is 837 g/mol. The Morgan fingerprint density at radius 1 is 0.426 bits per heavy atom. The van der Waals surface area contributed by atoms with Crippen molar-refractivity contribution in [3.8, 4) is 5.75 Å². The Labute approximate surface area is 359 Å². The largest absolute Gasteiger partial charge is 0.489 e. The predicted molar refractivity (Wildman–Crippen MR) is 238 cm³/mol. The van der Waals surface area contributed by atoms with E-state index in [2.05, 4.69) is 21.3 Å². The molecule has 5 rings (SSSR count). The number of hydrogen-bond acceptors (Lipinski definition) is 9. The van der Waals surface area contributed by atoms with Gasteiger partial charge in [-0.05, 0) is 159 Å². The van der Waals surface area contributed by atoms with Crippen molar-refractivity contribution in [3.05, 3.63) is 113 Å². The highest BCUT2D eigenvalue weighted by Gasteiger charge is 2.53. The van der Waals surface area contributed by atoms with Gasteiger partial charge in [-0.15, -0.1) is 0 Å². The van der Waals surface area contributed by atoms with E-state index >= 15 is 0 Å². The van der Waals surface area contributed by atoms with Crippen LogP contribution in [0.1, 0.15) is 123 Å². The summed E-state index contributed by atoms with van der Waals surface area (Å²) in [7, 11) is 0. The molecular formula is C48H60N4O9. The Kier molecular flexibility index (Phi) is 13.7. The summed E-state index contributed by atoms with van der Waals surface area (Å²) in [5, 5.41) is 11.2. The second-order valence-corrected chi connectivity index (χ2v) is 19.0. The number of carbonyl (C=O) groups is 4. The molecule has 13 nitrogen and oxygen atoms in total. The molecule has 1 aliphatic rings. The van der Waals surface area contributed by atoms with Crippen LogP contribution in [-0.4, -0.2) is 46.8 Å². The minimum atomic E-state index is -0.778. The minimum absolute atomic E-state index is 0.0822. The van der Waals surface area contributed by atoms with Gasteiger partial charge in [-0.2, -0.15) is 0 Å². The number of rotatable bonds is 10. The first-order valence-corrected chi connectivity index (χ1v) is 20.4. The van der Waals surface area contributed by atoms with Crippen molar-refractivity contribution in [2.45, 2.75) is 130 Å². The zero-order chi connectivity index (χ0) is 44.9. The molecule has 2 unspecified atom stereocenters. The Bertz CT molecular complexity index is 2080. The number of amides is 4.